The van der Waals surface area contributed by atoms with Gasteiger partial charge in [-0.3, -0.25) is 4.98 Å². The van der Waals surface area contributed by atoms with Crippen LogP contribution in [0.4, 0.5) is 0 Å². The van der Waals surface area contributed by atoms with Crippen molar-refractivity contribution in [3.63, 3.8) is 0 Å². The molecule has 0 radical (unpaired) electrons. The van der Waals surface area contributed by atoms with Crippen LogP contribution in [-0.4, -0.2) is 23.3 Å². The fourth-order valence-corrected chi connectivity index (χ4v) is 2.41. The van der Waals surface area contributed by atoms with Crippen LogP contribution in [0.1, 0.15) is 55.8 Å². The lowest BCUT2D eigenvalue weighted by Crippen LogP contribution is -2.13. The number of ether oxygens (including phenoxy) is 1. The number of hydrogen-bond acceptors (Lipinski definition) is 3. The van der Waals surface area contributed by atoms with E-state index in [0.717, 1.165) is 35.4 Å². The lowest BCUT2D eigenvalue weighted by atomic mass is 10.0. The summed E-state index contributed by atoms with van der Waals surface area (Å²) in [7, 11) is 1.68. The number of aliphatic hydroxyl groups excluding tert-OH is 1. The summed E-state index contributed by atoms with van der Waals surface area (Å²) in [4.78, 5) is 4.43. The Morgan fingerprint density at radius 3 is 2.63 bits per heavy atom. The maximum atomic E-state index is 10.1. The summed E-state index contributed by atoms with van der Waals surface area (Å²) in [5.74, 6) is 0.892. The molecule has 3 nitrogen and oxygen atoms in total. The molecule has 0 saturated carbocycles. The Labute approximate surface area is 117 Å². The fraction of sp³-hybridized carbons (Fsp3) is 0.688. The smallest absolute Gasteiger partial charge is 0.128 e. The van der Waals surface area contributed by atoms with Crippen LogP contribution in [-0.2, 0) is 6.42 Å². The molecule has 1 aromatic heterocycles. The Bertz CT molecular complexity index is 391. The predicted octanol–water partition coefficient (Wildman–Crippen LogP) is 3.58. The van der Waals surface area contributed by atoms with Gasteiger partial charge in [0.05, 0.1) is 13.2 Å². The Hall–Kier alpha value is -1.09. The van der Waals surface area contributed by atoms with E-state index in [-0.39, 0.29) is 6.10 Å². The Kier molecular flexibility index (Phi) is 6.85. The quantitative estimate of drug-likeness (QED) is 0.730. The Balaban J connectivity index is 2.57. The van der Waals surface area contributed by atoms with Gasteiger partial charge in [-0.1, -0.05) is 32.6 Å². The number of aliphatic hydroxyl groups is 1. The highest BCUT2D eigenvalue weighted by Crippen LogP contribution is 2.25. The summed E-state index contributed by atoms with van der Waals surface area (Å²) in [6, 6.07) is 0. The van der Waals surface area contributed by atoms with Gasteiger partial charge in [0, 0.05) is 29.4 Å². The second-order valence-electron chi connectivity index (χ2n) is 5.25. The molecule has 0 aromatic carbocycles. The molecule has 0 aliphatic rings. The monoisotopic (exact) mass is 265 g/mol. The minimum Gasteiger partial charge on any atom is -0.496 e. The van der Waals surface area contributed by atoms with Crippen molar-refractivity contribution in [3.8, 4) is 5.75 Å². The van der Waals surface area contributed by atoms with Gasteiger partial charge in [0.25, 0.3) is 0 Å². The molecule has 0 amide bonds. The molecule has 0 saturated heterocycles. The minimum atomic E-state index is -0.296. The van der Waals surface area contributed by atoms with Crippen LogP contribution < -0.4 is 4.74 Å². The van der Waals surface area contributed by atoms with Crippen molar-refractivity contribution in [2.75, 3.05) is 7.11 Å². The highest BCUT2D eigenvalue weighted by molar-refractivity contribution is 5.41. The number of nitrogens with zero attached hydrogens (tertiary/aromatic N) is 1. The van der Waals surface area contributed by atoms with Crippen molar-refractivity contribution >= 4 is 0 Å². The van der Waals surface area contributed by atoms with Gasteiger partial charge in [-0.05, 0) is 20.3 Å². The number of pyridine rings is 1. The molecule has 3 heteroatoms. The largest absolute Gasteiger partial charge is 0.496 e. The highest BCUT2D eigenvalue weighted by Gasteiger charge is 2.13. The molecule has 0 fully saturated rings. The molecule has 1 aromatic rings. The van der Waals surface area contributed by atoms with Gasteiger partial charge in [-0.15, -0.1) is 0 Å². The molecule has 1 atom stereocenters. The molecule has 1 N–H and O–H groups in total. The molecule has 19 heavy (non-hydrogen) atoms. The zero-order valence-corrected chi connectivity index (χ0v) is 12.7. The van der Waals surface area contributed by atoms with Crippen LogP contribution in [0.2, 0.25) is 0 Å². The highest BCUT2D eigenvalue weighted by atomic mass is 16.5. The maximum Gasteiger partial charge on any atom is 0.128 e. The van der Waals surface area contributed by atoms with Gasteiger partial charge in [0.15, 0.2) is 0 Å². The van der Waals surface area contributed by atoms with E-state index in [1.165, 1.54) is 19.3 Å². The number of rotatable bonds is 8. The van der Waals surface area contributed by atoms with E-state index < -0.39 is 0 Å². The van der Waals surface area contributed by atoms with Gasteiger partial charge >= 0.3 is 0 Å². The van der Waals surface area contributed by atoms with E-state index in [0.29, 0.717) is 6.42 Å². The van der Waals surface area contributed by atoms with E-state index in [2.05, 4.69) is 11.9 Å². The van der Waals surface area contributed by atoms with Gasteiger partial charge in [-0.2, -0.15) is 0 Å². The van der Waals surface area contributed by atoms with Crippen molar-refractivity contribution in [2.24, 2.45) is 0 Å². The first-order chi connectivity index (χ1) is 9.10. The Morgan fingerprint density at radius 1 is 1.26 bits per heavy atom. The first-order valence-electron chi connectivity index (χ1n) is 7.27. The van der Waals surface area contributed by atoms with Crippen LogP contribution in [0.25, 0.3) is 0 Å². The average Bonchev–Trinajstić information content (AvgIpc) is 2.39. The van der Waals surface area contributed by atoms with Gasteiger partial charge < -0.3 is 9.84 Å². The molecule has 0 aliphatic heterocycles. The molecule has 108 valence electrons. The average molecular weight is 265 g/mol. The normalized spacial score (nSPS) is 12.5. The zero-order valence-electron chi connectivity index (χ0n) is 12.7. The van der Waals surface area contributed by atoms with Crippen molar-refractivity contribution in [3.05, 3.63) is 23.0 Å². The van der Waals surface area contributed by atoms with Crippen LogP contribution in [0.5, 0.6) is 5.75 Å². The van der Waals surface area contributed by atoms with Crippen molar-refractivity contribution in [1.29, 1.82) is 0 Å². The molecular weight excluding hydrogens is 238 g/mol. The first-order valence-corrected chi connectivity index (χ1v) is 7.27. The molecule has 0 aliphatic carbocycles. The van der Waals surface area contributed by atoms with Crippen LogP contribution in [0.15, 0.2) is 6.20 Å². The SMILES string of the molecule is CCCCCCC(O)Cc1ncc(C)c(OC)c1C. The summed E-state index contributed by atoms with van der Waals surface area (Å²) < 4.78 is 5.39. The van der Waals surface area contributed by atoms with Crippen molar-refractivity contribution in [2.45, 2.75) is 65.4 Å². The van der Waals surface area contributed by atoms with Gasteiger partial charge in [0.1, 0.15) is 5.75 Å². The fourth-order valence-electron chi connectivity index (χ4n) is 2.41. The van der Waals surface area contributed by atoms with Gasteiger partial charge in [0.2, 0.25) is 0 Å². The molecule has 1 heterocycles. The number of hydrogen-bond donors (Lipinski definition) is 1. The lowest BCUT2D eigenvalue weighted by Gasteiger charge is -2.15. The van der Waals surface area contributed by atoms with E-state index in [1.54, 1.807) is 7.11 Å². The third-order valence-electron chi connectivity index (χ3n) is 3.57. The summed E-state index contributed by atoms with van der Waals surface area (Å²) in [6.07, 6.45) is 7.79. The second kappa shape index (κ2) is 8.16. The lowest BCUT2D eigenvalue weighted by molar-refractivity contribution is 0.159. The van der Waals surface area contributed by atoms with Crippen molar-refractivity contribution in [1.82, 2.24) is 4.98 Å². The third-order valence-corrected chi connectivity index (χ3v) is 3.57. The summed E-state index contributed by atoms with van der Waals surface area (Å²) >= 11 is 0. The molecular formula is C16H27NO2. The predicted molar refractivity (Wildman–Crippen MR) is 78.7 cm³/mol. The molecule has 1 rings (SSSR count). The maximum absolute atomic E-state index is 10.1. The summed E-state index contributed by atoms with van der Waals surface area (Å²) in [5.41, 5.74) is 3.04. The summed E-state index contributed by atoms with van der Waals surface area (Å²) in [6.45, 7) is 6.20. The molecule has 0 spiro atoms. The van der Waals surface area contributed by atoms with E-state index in [4.69, 9.17) is 4.74 Å². The van der Waals surface area contributed by atoms with E-state index in [9.17, 15) is 5.11 Å². The molecule has 0 bridgehead atoms. The van der Waals surface area contributed by atoms with E-state index in [1.807, 2.05) is 20.0 Å². The topological polar surface area (TPSA) is 42.4 Å². The molecule has 1 unspecified atom stereocenters. The number of aryl methyl sites for hydroxylation is 1. The Morgan fingerprint density at radius 2 is 2.00 bits per heavy atom. The zero-order chi connectivity index (χ0) is 14.3. The number of methoxy groups -OCH3 is 1. The van der Waals surface area contributed by atoms with Gasteiger partial charge in [-0.25, -0.2) is 0 Å². The van der Waals surface area contributed by atoms with Crippen LogP contribution in [0.3, 0.4) is 0 Å². The third kappa shape index (κ3) is 4.83. The first kappa shape index (κ1) is 16.0. The van der Waals surface area contributed by atoms with Crippen LogP contribution in [0, 0.1) is 13.8 Å². The standard InChI is InChI=1S/C16H27NO2/c1-5-6-7-8-9-14(18)10-15-13(3)16(19-4)12(2)11-17-15/h11,14,18H,5-10H2,1-4H3. The van der Waals surface area contributed by atoms with E-state index >= 15 is 0 Å². The van der Waals surface area contributed by atoms with Crippen LogP contribution >= 0.6 is 0 Å². The minimum absolute atomic E-state index is 0.296. The second-order valence-corrected chi connectivity index (χ2v) is 5.25. The van der Waals surface area contributed by atoms with Crippen molar-refractivity contribution < 1.29 is 9.84 Å². The summed E-state index contributed by atoms with van der Waals surface area (Å²) in [5, 5.41) is 10.1. The number of unbranched alkanes of at least 4 members (excludes halogenated alkanes) is 3. The number of aromatic nitrogens is 1.